The molecule has 3 rings (SSSR count). The lowest BCUT2D eigenvalue weighted by atomic mass is 10.2. The second-order valence-corrected chi connectivity index (χ2v) is 8.40. The number of aromatic nitrogens is 2. The molecule has 2 heterocycles. The average molecular weight is 394 g/mol. The van der Waals surface area contributed by atoms with Crippen molar-refractivity contribution in [2.75, 3.05) is 16.6 Å². The predicted molar refractivity (Wildman–Crippen MR) is 103 cm³/mol. The number of hydrogen-bond donors (Lipinski definition) is 4. The molecule has 0 unspecified atom stereocenters. The third-order valence-electron chi connectivity index (χ3n) is 4.36. The summed E-state index contributed by atoms with van der Waals surface area (Å²) in [6, 6.07) is 9.16. The van der Waals surface area contributed by atoms with Gasteiger partial charge in [0, 0.05) is 20.1 Å². The number of aromatic hydroxyl groups is 1. The smallest absolute Gasteiger partial charge is 0.297 e. The van der Waals surface area contributed by atoms with Gasteiger partial charge in [-0.2, -0.15) is 0 Å². The predicted octanol–water partition coefficient (Wildman–Crippen LogP) is 1.68. The van der Waals surface area contributed by atoms with Crippen LogP contribution in [0, 0.1) is 0 Å². The van der Waals surface area contributed by atoms with Crippen LogP contribution in [0.2, 0.25) is 0 Å². The molecule has 1 aliphatic heterocycles. The lowest BCUT2D eigenvalue weighted by Gasteiger charge is -2.46. The van der Waals surface area contributed by atoms with E-state index in [1.807, 2.05) is 30.3 Å². The number of nitrogens with zero attached hydrogens (tertiary/aromatic N) is 3. The Morgan fingerprint density at radius 2 is 1.96 bits per heavy atom. The van der Waals surface area contributed by atoms with Gasteiger partial charge in [0.2, 0.25) is 11.7 Å². The van der Waals surface area contributed by atoms with Crippen LogP contribution < -0.4 is 15.2 Å². The fourth-order valence-electron chi connectivity index (χ4n) is 2.86. The number of carbonyl (C=O) groups excluding carboxylic acids is 1. The Labute approximate surface area is 157 Å². The molecule has 10 heteroatoms. The molecule has 4 N–H and O–H groups in total. The molecular weight excluding hydrogens is 372 g/mol. The Hall–Kier alpha value is -2.56. The maximum Gasteiger partial charge on any atom is 0.297 e. The van der Waals surface area contributed by atoms with E-state index >= 15 is 0 Å². The number of carbonyl (C=O) groups is 1. The fourth-order valence-corrected chi connectivity index (χ4v) is 4.52. The maximum absolute atomic E-state index is 12.5. The van der Waals surface area contributed by atoms with Crippen LogP contribution in [0.3, 0.4) is 0 Å². The standard InChI is InChI=1S/C17H22N4O5S/c1-20-16(24)14(22)13(15(23)18-11-12-7-3-2-4-8-12)19-17(20)21-9-5-6-10-27(21,25)26/h2-4,7-8,22,25-26H,5-6,9-11H2,1H3,(H,18,23). The van der Waals surface area contributed by atoms with Gasteiger partial charge >= 0.3 is 0 Å². The van der Waals surface area contributed by atoms with Gasteiger partial charge in [-0.05, 0) is 18.4 Å². The number of rotatable bonds is 4. The minimum Gasteiger partial charge on any atom is -0.501 e. The molecule has 2 aromatic rings. The third kappa shape index (κ3) is 3.92. The lowest BCUT2D eigenvalue weighted by molar-refractivity contribution is 0.0942. The van der Waals surface area contributed by atoms with Crippen LogP contribution in [-0.4, -0.2) is 42.0 Å². The summed E-state index contributed by atoms with van der Waals surface area (Å²) in [5.41, 5.74) is -0.421. The summed E-state index contributed by atoms with van der Waals surface area (Å²) < 4.78 is 22.9. The summed E-state index contributed by atoms with van der Waals surface area (Å²) in [5.74, 6) is -1.38. The number of nitrogens with one attached hydrogen (secondary N) is 1. The molecule has 1 aromatic heterocycles. The number of amides is 1. The molecular formula is C17H22N4O5S. The zero-order valence-electron chi connectivity index (χ0n) is 14.8. The normalized spacial score (nSPS) is 17.4. The number of benzene rings is 1. The summed E-state index contributed by atoms with van der Waals surface area (Å²) in [6.07, 6.45) is 1.34. The topological polar surface area (TPSA) is 128 Å². The van der Waals surface area contributed by atoms with E-state index in [1.165, 1.54) is 11.4 Å². The zero-order valence-corrected chi connectivity index (χ0v) is 15.6. The van der Waals surface area contributed by atoms with Crippen molar-refractivity contribution < 1.29 is 19.0 Å². The second-order valence-electron chi connectivity index (χ2n) is 6.29. The van der Waals surface area contributed by atoms with E-state index in [4.69, 9.17) is 0 Å². The highest BCUT2D eigenvalue weighted by Crippen LogP contribution is 2.48. The molecule has 1 saturated heterocycles. The average Bonchev–Trinajstić information content (AvgIpc) is 2.65. The molecule has 9 nitrogen and oxygen atoms in total. The molecule has 1 aromatic carbocycles. The van der Waals surface area contributed by atoms with Crippen molar-refractivity contribution in [3.05, 3.63) is 51.9 Å². The second kappa shape index (κ2) is 7.59. The Morgan fingerprint density at radius 1 is 1.26 bits per heavy atom. The Kier molecular flexibility index (Phi) is 5.40. The molecule has 27 heavy (non-hydrogen) atoms. The van der Waals surface area contributed by atoms with E-state index in [0.717, 1.165) is 10.1 Å². The summed E-state index contributed by atoms with van der Waals surface area (Å²) in [6.45, 7) is 0.489. The van der Waals surface area contributed by atoms with Crippen LogP contribution in [0.4, 0.5) is 5.95 Å². The van der Waals surface area contributed by atoms with E-state index in [9.17, 15) is 23.8 Å². The van der Waals surface area contributed by atoms with E-state index in [0.29, 0.717) is 19.4 Å². The van der Waals surface area contributed by atoms with Gasteiger partial charge < -0.3 is 10.4 Å². The van der Waals surface area contributed by atoms with E-state index in [-0.39, 0.29) is 18.2 Å². The van der Waals surface area contributed by atoms with Crippen LogP contribution in [-0.2, 0) is 13.6 Å². The van der Waals surface area contributed by atoms with E-state index in [1.54, 1.807) is 0 Å². The molecule has 0 saturated carbocycles. The molecule has 0 atom stereocenters. The van der Waals surface area contributed by atoms with Crippen molar-refractivity contribution >= 4 is 22.6 Å². The largest absolute Gasteiger partial charge is 0.501 e. The first-order chi connectivity index (χ1) is 12.8. The molecule has 1 fully saturated rings. The molecule has 0 aliphatic carbocycles. The van der Waals surface area contributed by atoms with E-state index < -0.39 is 33.7 Å². The van der Waals surface area contributed by atoms with Crippen LogP contribution in [0.15, 0.2) is 35.1 Å². The first-order valence-corrected chi connectivity index (χ1v) is 10.1. The van der Waals surface area contributed by atoms with Gasteiger partial charge in [0.25, 0.3) is 11.5 Å². The third-order valence-corrected chi connectivity index (χ3v) is 6.25. The van der Waals surface area contributed by atoms with E-state index in [2.05, 4.69) is 10.3 Å². The highest BCUT2D eigenvalue weighted by molar-refractivity contribution is 8.25. The maximum atomic E-state index is 12.5. The number of anilines is 1. The summed E-state index contributed by atoms with van der Waals surface area (Å²) in [4.78, 5) is 28.9. The Morgan fingerprint density at radius 3 is 2.63 bits per heavy atom. The molecule has 0 bridgehead atoms. The molecule has 0 spiro atoms. The van der Waals surface area contributed by atoms with Crippen molar-refractivity contribution in [1.82, 2.24) is 14.9 Å². The van der Waals surface area contributed by atoms with Crippen molar-refractivity contribution in [1.29, 1.82) is 0 Å². The number of hydrogen-bond acceptors (Lipinski definition) is 7. The van der Waals surface area contributed by atoms with Crippen molar-refractivity contribution in [2.45, 2.75) is 19.4 Å². The summed E-state index contributed by atoms with van der Waals surface area (Å²) >= 11 is 0. The van der Waals surface area contributed by atoms with Crippen LogP contribution in [0.5, 0.6) is 5.75 Å². The SMILES string of the molecule is Cn1c(N2CCCCS2(O)O)nc(C(=O)NCc2ccccc2)c(O)c1=O. The van der Waals surface area contributed by atoms with Crippen LogP contribution >= 0.6 is 10.8 Å². The fraction of sp³-hybridized carbons (Fsp3) is 0.353. The molecule has 0 radical (unpaired) electrons. The van der Waals surface area contributed by atoms with Gasteiger partial charge in [0.15, 0.2) is 5.69 Å². The lowest BCUT2D eigenvalue weighted by Crippen LogP contribution is -2.39. The zero-order chi connectivity index (χ0) is 19.6. The highest BCUT2D eigenvalue weighted by Gasteiger charge is 2.31. The van der Waals surface area contributed by atoms with Gasteiger partial charge in [-0.3, -0.25) is 23.3 Å². The van der Waals surface area contributed by atoms with Gasteiger partial charge in [0.1, 0.15) is 0 Å². The molecule has 1 amide bonds. The first-order valence-electron chi connectivity index (χ1n) is 8.47. The Balaban J connectivity index is 1.92. The van der Waals surface area contributed by atoms with Gasteiger partial charge in [-0.1, -0.05) is 30.3 Å². The minimum atomic E-state index is -3.13. The Bertz CT molecular complexity index is 900. The van der Waals surface area contributed by atoms with Gasteiger partial charge in [0.05, 0.1) is 5.75 Å². The first kappa shape index (κ1) is 19.2. The quantitative estimate of drug-likeness (QED) is 0.621. The summed E-state index contributed by atoms with van der Waals surface area (Å²) in [7, 11) is -1.77. The monoisotopic (exact) mass is 394 g/mol. The molecule has 1 aliphatic rings. The molecule has 146 valence electrons. The summed E-state index contributed by atoms with van der Waals surface area (Å²) in [5, 5.41) is 12.7. The van der Waals surface area contributed by atoms with Crippen molar-refractivity contribution in [2.24, 2.45) is 7.05 Å². The van der Waals surface area contributed by atoms with Crippen LogP contribution in [0.1, 0.15) is 28.9 Å². The van der Waals surface area contributed by atoms with Crippen molar-refractivity contribution in [3.63, 3.8) is 0 Å². The van der Waals surface area contributed by atoms with Gasteiger partial charge in [-0.25, -0.2) is 9.29 Å². The van der Waals surface area contributed by atoms with Gasteiger partial charge in [-0.15, -0.1) is 10.8 Å². The van der Waals surface area contributed by atoms with Crippen LogP contribution in [0.25, 0.3) is 0 Å². The minimum absolute atomic E-state index is 0.0534. The van der Waals surface area contributed by atoms with Crippen molar-refractivity contribution in [3.8, 4) is 5.75 Å². The highest BCUT2D eigenvalue weighted by atomic mass is 32.3.